The zero-order valence-corrected chi connectivity index (χ0v) is 29.5. The third kappa shape index (κ3) is 7.15. The number of carbonyl (C=O) groups is 1. The number of carboxylic acid groups (broad SMARTS) is 1. The molecule has 12 nitrogen and oxygen atoms in total. The molecule has 6 rings (SSSR count). The number of nitriles is 1. The van der Waals surface area contributed by atoms with E-state index in [2.05, 4.69) is 41.2 Å². The summed E-state index contributed by atoms with van der Waals surface area (Å²) in [5, 5.41) is 28.2. The van der Waals surface area contributed by atoms with Crippen LogP contribution in [-0.4, -0.2) is 50.6 Å². The molecule has 260 valence electrons. The van der Waals surface area contributed by atoms with Gasteiger partial charge in [-0.3, -0.25) is 4.79 Å². The van der Waals surface area contributed by atoms with Crippen LogP contribution in [-0.2, 0) is 16.6 Å². The number of nitrogens with two attached hydrogens (primary N) is 1. The maximum absolute atomic E-state index is 11.6. The smallest absolute Gasteiger partial charge is 0.314 e. The van der Waals surface area contributed by atoms with Crippen LogP contribution in [0.4, 0.5) is 10.8 Å². The molecule has 0 aromatic carbocycles. The molecule has 3 N–H and O–H groups in total. The third-order valence-corrected chi connectivity index (χ3v) is 11.2. The summed E-state index contributed by atoms with van der Waals surface area (Å²) in [5.74, 6) is 1.42. The van der Waals surface area contributed by atoms with Crippen LogP contribution in [0.1, 0.15) is 113 Å². The van der Waals surface area contributed by atoms with Crippen LogP contribution >= 0.6 is 11.3 Å². The lowest BCUT2D eigenvalue weighted by molar-refractivity contribution is -0.140. The Morgan fingerprint density at radius 1 is 1.27 bits per heavy atom. The average Bonchev–Trinajstić information content (AvgIpc) is 3.79. The van der Waals surface area contributed by atoms with Crippen LogP contribution in [0, 0.1) is 23.2 Å². The Labute approximate surface area is 290 Å². The van der Waals surface area contributed by atoms with Crippen molar-refractivity contribution in [3.05, 3.63) is 52.1 Å². The highest BCUT2D eigenvalue weighted by Gasteiger charge is 2.43. The van der Waals surface area contributed by atoms with Gasteiger partial charge in [0.25, 0.3) is 5.88 Å². The number of nitrogens with zero attached hydrogens (tertiary/aromatic N) is 6. The van der Waals surface area contributed by atoms with Crippen molar-refractivity contribution < 1.29 is 23.7 Å². The number of carboxylic acids is 1. The van der Waals surface area contributed by atoms with Gasteiger partial charge in [0, 0.05) is 40.9 Å². The molecule has 4 aromatic heterocycles. The van der Waals surface area contributed by atoms with Gasteiger partial charge < -0.3 is 29.5 Å². The number of anilines is 2. The van der Waals surface area contributed by atoms with Crippen molar-refractivity contribution in [1.82, 2.24) is 20.3 Å². The summed E-state index contributed by atoms with van der Waals surface area (Å²) in [6.45, 7) is 9.47. The van der Waals surface area contributed by atoms with Crippen molar-refractivity contribution in [2.24, 2.45) is 11.8 Å². The Bertz CT molecular complexity index is 1810. The average molecular weight is 688 g/mol. The molecule has 0 amide bonds. The van der Waals surface area contributed by atoms with Crippen LogP contribution in [0.2, 0.25) is 0 Å². The molecule has 1 saturated heterocycles. The topological polar surface area (TPSA) is 177 Å². The molecule has 49 heavy (non-hydrogen) atoms. The molecule has 0 radical (unpaired) electrons. The number of rotatable bonds is 12. The zero-order chi connectivity index (χ0) is 34.7. The molecule has 1 aliphatic carbocycles. The van der Waals surface area contributed by atoms with Crippen LogP contribution < -0.4 is 15.4 Å². The SMILES string of the molecule is CC(C)C(C(=O)O)c1cc(OCCCCC2CCCN(c3cc(-c4noc([C@@]5(C)CCCc6sc(N)c(C#N)c65)n4)ccn3)[C@@H](C)C2)no1. The lowest BCUT2D eigenvalue weighted by atomic mass is 9.72. The van der Waals surface area contributed by atoms with Crippen LogP contribution in [0.5, 0.6) is 5.88 Å². The quantitative estimate of drug-likeness (QED) is 0.142. The van der Waals surface area contributed by atoms with Gasteiger partial charge in [-0.15, -0.1) is 11.3 Å². The van der Waals surface area contributed by atoms with E-state index >= 15 is 0 Å². The lowest BCUT2D eigenvalue weighted by Crippen LogP contribution is -2.33. The van der Waals surface area contributed by atoms with E-state index in [1.54, 1.807) is 6.07 Å². The highest BCUT2D eigenvalue weighted by atomic mass is 32.1. The predicted molar refractivity (Wildman–Crippen MR) is 186 cm³/mol. The largest absolute Gasteiger partial charge is 0.481 e. The first kappa shape index (κ1) is 34.4. The minimum absolute atomic E-state index is 0.110. The predicted octanol–water partition coefficient (Wildman–Crippen LogP) is 7.35. The molecule has 4 atom stereocenters. The van der Waals surface area contributed by atoms with Crippen molar-refractivity contribution >= 4 is 28.1 Å². The van der Waals surface area contributed by atoms with Gasteiger partial charge in [0.05, 0.1) is 17.6 Å². The number of nitrogen functional groups attached to an aromatic ring is 1. The van der Waals surface area contributed by atoms with Crippen molar-refractivity contribution in [3.63, 3.8) is 0 Å². The normalized spacial score (nSPS) is 21.6. The number of unbranched alkanes of at least 4 members (excludes halogenated alkanes) is 1. The molecule has 0 spiro atoms. The van der Waals surface area contributed by atoms with E-state index in [-0.39, 0.29) is 5.92 Å². The number of pyridine rings is 1. The molecule has 0 saturated carbocycles. The van der Waals surface area contributed by atoms with E-state index in [9.17, 15) is 15.2 Å². The van der Waals surface area contributed by atoms with Gasteiger partial charge in [0.1, 0.15) is 22.8 Å². The molecule has 1 aliphatic heterocycles. The van der Waals surface area contributed by atoms with Gasteiger partial charge in [0.2, 0.25) is 11.7 Å². The summed E-state index contributed by atoms with van der Waals surface area (Å²) in [6.07, 6.45) is 10.8. The number of aromatic nitrogens is 4. The van der Waals surface area contributed by atoms with Gasteiger partial charge in [-0.25, -0.2) is 4.98 Å². The number of aliphatic carboxylic acids is 1. The Morgan fingerprint density at radius 2 is 2.10 bits per heavy atom. The van der Waals surface area contributed by atoms with Crippen LogP contribution in [0.3, 0.4) is 0 Å². The van der Waals surface area contributed by atoms with E-state index in [4.69, 9.17) is 29.5 Å². The fraction of sp³-hybridized carbons (Fsp3) is 0.556. The first-order valence-corrected chi connectivity index (χ1v) is 18.1. The van der Waals surface area contributed by atoms with Gasteiger partial charge >= 0.3 is 5.97 Å². The molecule has 2 aliphatic rings. The van der Waals surface area contributed by atoms with E-state index in [1.807, 2.05) is 26.1 Å². The number of ether oxygens (including phenoxy) is 1. The van der Waals surface area contributed by atoms with E-state index < -0.39 is 17.3 Å². The van der Waals surface area contributed by atoms with E-state index in [0.29, 0.717) is 52.5 Å². The molecule has 13 heteroatoms. The molecule has 2 unspecified atom stereocenters. The number of fused-ring (bicyclic) bond motifs is 1. The monoisotopic (exact) mass is 687 g/mol. The van der Waals surface area contributed by atoms with Crippen LogP contribution in [0.15, 0.2) is 33.4 Å². The summed E-state index contributed by atoms with van der Waals surface area (Å²) in [5.41, 5.74) is 7.98. The minimum atomic E-state index is -0.928. The Kier molecular flexibility index (Phi) is 10.2. The van der Waals surface area contributed by atoms with Gasteiger partial charge in [-0.2, -0.15) is 10.2 Å². The summed E-state index contributed by atoms with van der Waals surface area (Å²) in [7, 11) is 0. The van der Waals surface area contributed by atoms with E-state index in [1.165, 1.54) is 11.3 Å². The minimum Gasteiger partial charge on any atom is -0.481 e. The van der Waals surface area contributed by atoms with Crippen molar-refractivity contribution in [3.8, 4) is 23.3 Å². The summed E-state index contributed by atoms with van der Waals surface area (Å²) in [4.78, 5) is 24.7. The molecule has 0 bridgehead atoms. The second-order valence-corrected chi connectivity index (χ2v) is 15.2. The molecule has 1 fully saturated rings. The second kappa shape index (κ2) is 14.6. The van der Waals surface area contributed by atoms with Crippen LogP contribution in [0.25, 0.3) is 11.4 Å². The van der Waals surface area contributed by atoms with Gasteiger partial charge in [0.15, 0.2) is 5.76 Å². The molecule has 4 aromatic rings. The summed E-state index contributed by atoms with van der Waals surface area (Å²) >= 11 is 1.49. The molecular formula is C36H45N7O5S. The van der Waals surface area contributed by atoms with Crippen molar-refractivity contribution in [1.29, 1.82) is 5.26 Å². The highest BCUT2D eigenvalue weighted by Crippen LogP contribution is 2.48. The summed E-state index contributed by atoms with van der Waals surface area (Å²) < 4.78 is 16.9. The van der Waals surface area contributed by atoms with Crippen molar-refractivity contribution in [2.45, 2.75) is 103 Å². The Hall–Kier alpha value is -4.44. The third-order valence-electron chi connectivity index (χ3n) is 10.2. The summed E-state index contributed by atoms with van der Waals surface area (Å²) in [6, 6.07) is 8.19. The first-order valence-electron chi connectivity index (χ1n) is 17.3. The first-order chi connectivity index (χ1) is 23.6. The maximum Gasteiger partial charge on any atom is 0.314 e. The lowest BCUT2D eigenvalue weighted by Gasteiger charge is -2.30. The number of hydrogen-bond acceptors (Lipinski definition) is 12. The number of hydrogen-bond donors (Lipinski definition) is 2. The van der Waals surface area contributed by atoms with E-state index in [0.717, 1.165) is 86.2 Å². The number of thiophene rings is 1. The van der Waals surface area contributed by atoms with Gasteiger partial charge in [-0.05, 0) is 94.3 Å². The Balaban J connectivity index is 1.04. The second-order valence-electron chi connectivity index (χ2n) is 14.0. The van der Waals surface area contributed by atoms with Crippen molar-refractivity contribution in [2.75, 3.05) is 23.8 Å². The standard InChI is InChI=1S/C36H45N7O5S/c1-21(2)30(34(44)45)26-19-29(41-47-26)46-16-6-5-9-23-10-8-15-43(22(3)17-23)28-18-24(12-14-39-28)33-40-35(48-42-33)36(4)13-7-11-27-31(36)25(20-37)32(38)49-27/h12,14,18-19,21-23,30H,5-11,13,15-17,38H2,1-4H3,(H,44,45)/t22-,23?,30?,36-/m0/s1. The van der Waals surface area contributed by atoms with Gasteiger partial charge in [-0.1, -0.05) is 25.4 Å². The zero-order valence-electron chi connectivity index (χ0n) is 28.6. The molecular weight excluding hydrogens is 643 g/mol. The fourth-order valence-corrected chi connectivity index (χ4v) is 8.81. The maximum atomic E-state index is 11.6. The molecule has 5 heterocycles. The number of aryl methyl sites for hydroxylation is 1. The Morgan fingerprint density at radius 3 is 2.88 bits per heavy atom. The fourth-order valence-electron chi connectivity index (χ4n) is 7.62. The highest BCUT2D eigenvalue weighted by molar-refractivity contribution is 7.16.